The average Bonchev–Trinajstić information content (AvgIpc) is 2.69. The molecule has 1 aliphatic rings. The largest absolute Gasteiger partial charge is 0.468 e. The molecule has 1 aromatic carbocycles. The Morgan fingerprint density at radius 1 is 1.44 bits per heavy atom. The lowest BCUT2D eigenvalue weighted by Crippen LogP contribution is -2.43. The van der Waals surface area contributed by atoms with Gasteiger partial charge in [-0.1, -0.05) is 12.5 Å². The number of carbonyl (C=O) groups excluding carboxylic acids is 1. The first-order valence-electron chi connectivity index (χ1n) is 6.17. The second-order valence-corrected chi connectivity index (χ2v) is 4.99. The number of carbonyl (C=O) groups is 1. The number of hydrogen-bond donors (Lipinski definition) is 0. The van der Waals surface area contributed by atoms with Crippen LogP contribution in [0.5, 0.6) is 0 Å². The number of imidazole rings is 1. The number of aromatic nitrogens is 2. The minimum atomic E-state index is -0.430. The van der Waals surface area contributed by atoms with Crippen molar-refractivity contribution in [3.63, 3.8) is 0 Å². The third kappa shape index (κ3) is 1.38. The zero-order valence-corrected chi connectivity index (χ0v) is 10.6. The zero-order valence-electron chi connectivity index (χ0n) is 10.6. The van der Waals surface area contributed by atoms with Gasteiger partial charge in [-0.05, 0) is 30.5 Å². The van der Waals surface area contributed by atoms with Crippen LogP contribution in [0.2, 0.25) is 0 Å². The number of nitrogens with zero attached hydrogens (tertiary/aromatic N) is 2. The molecule has 3 rings (SSSR count). The molecule has 0 saturated heterocycles. The predicted octanol–water partition coefficient (Wildman–Crippen LogP) is 2.17. The maximum absolute atomic E-state index is 12.0. The highest BCUT2D eigenvalue weighted by Gasteiger charge is 2.46. The molecule has 0 bridgehead atoms. The van der Waals surface area contributed by atoms with Crippen molar-refractivity contribution in [1.29, 1.82) is 0 Å². The summed E-state index contributed by atoms with van der Waals surface area (Å²) in [4.78, 5) is 16.4. The van der Waals surface area contributed by atoms with Gasteiger partial charge in [0.05, 0.1) is 29.9 Å². The van der Waals surface area contributed by atoms with Crippen LogP contribution in [0.4, 0.5) is 0 Å². The van der Waals surface area contributed by atoms with Crippen molar-refractivity contribution in [3.05, 3.63) is 30.1 Å². The minimum absolute atomic E-state index is 0.121. The van der Waals surface area contributed by atoms with Gasteiger partial charge in [0, 0.05) is 7.05 Å². The van der Waals surface area contributed by atoms with E-state index in [1.54, 1.807) is 6.33 Å². The molecule has 1 aliphatic carbocycles. The molecule has 94 valence electrons. The third-order valence-corrected chi connectivity index (χ3v) is 4.06. The van der Waals surface area contributed by atoms with Crippen molar-refractivity contribution in [2.75, 3.05) is 7.11 Å². The lowest BCUT2D eigenvalue weighted by molar-refractivity contribution is -0.151. The smallest absolute Gasteiger partial charge is 0.316 e. The van der Waals surface area contributed by atoms with Gasteiger partial charge in [-0.3, -0.25) is 4.79 Å². The summed E-state index contributed by atoms with van der Waals surface area (Å²) in [7, 11) is 3.43. The van der Waals surface area contributed by atoms with Gasteiger partial charge in [-0.25, -0.2) is 4.98 Å². The van der Waals surface area contributed by atoms with Gasteiger partial charge in [-0.2, -0.15) is 0 Å². The standard InChI is InChI=1S/C14H16N2O2/c1-16-9-15-11-8-10(4-5-12(11)16)14(6-3-7-14)13(17)18-2/h4-5,8-9H,3,6-7H2,1-2H3. The van der Waals surface area contributed by atoms with Gasteiger partial charge in [0.1, 0.15) is 0 Å². The van der Waals surface area contributed by atoms with Gasteiger partial charge >= 0.3 is 5.97 Å². The molecule has 0 amide bonds. The fourth-order valence-electron chi connectivity index (χ4n) is 2.77. The molecule has 1 aromatic heterocycles. The summed E-state index contributed by atoms with van der Waals surface area (Å²) < 4.78 is 6.94. The Kier molecular flexibility index (Phi) is 2.40. The van der Waals surface area contributed by atoms with Crippen LogP contribution in [-0.4, -0.2) is 22.6 Å². The summed E-state index contributed by atoms with van der Waals surface area (Å²) in [5.41, 5.74) is 2.62. The van der Waals surface area contributed by atoms with E-state index in [9.17, 15) is 4.79 Å². The third-order valence-electron chi connectivity index (χ3n) is 4.06. The molecule has 4 heteroatoms. The summed E-state index contributed by atoms with van der Waals surface area (Å²) in [5, 5.41) is 0. The SMILES string of the molecule is COC(=O)C1(c2ccc3c(c2)ncn3C)CCC1. The number of rotatable bonds is 2. The molecule has 0 aliphatic heterocycles. The van der Waals surface area contributed by atoms with E-state index in [2.05, 4.69) is 4.98 Å². The molecule has 1 heterocycles. The number of esters is 1. The van der Waals surface area contributed by atoms with Gasteiger partial charge < -0.3 is 9.30 Å². The Labute approximate surface area is 106 Å². The monoisotopic (exact) mass is 244 g/mol. The molecular formula is C14H16N2O2. The second-order valence-electron chi connectivity index (χ2n) is 4.99. The number of methoxy groups -OCH3 is 1. The van der Waals surface area contributed by atoms with E-state index in [1.807, 2.05) is 29.8 Å². The second kappa shape index (κ2) is 3.83. The Hall–Kier alpha value is -1.84. The predicted molar refractivity (Wildman–Crippen MR) is 68.3 cm³/mol. The molecule has 18 heavy (non-hydrogen) atoms. The number of benzene rings is 1. The molecule has 0 atom stereocenters. The van der Waals surface area contributed by atoms with Crippen LogP contribution in [0.15, 0.2) is 24.5 Å². The van der Waals surface area contributed by atoms with Gasteiger partial charge in [0.15, 0.2) is 0 Å². The highest BCUT2D eigenvalue weighted by atomic mass is 16.5. The zero-order chi connectivity index (χ0) is 12.8. The quantitative estimate of drug-likeness (QED) is 0.760. The van der Waals surface area contributed by atoms with E-state index >= 15 is 0 Å². The van der Waals surface area contributed by atoms with Crippen LogP contribution in [0, 0.1) is 0 Å². The van der Waals surface area contributed by atoms with Gasteiger partial charge in [0.25, 0.3) is 0 Å². The summed E-state index contributed by atoms with van der Waals surface area (Å²) in [6.45, 7) is 0. The van der Waals surface area contributed by atoms with Crippen molar-refractivity contribution in [3.8, 4) is 0 Å². The normalized spacial score (nSPS) is 17.4. The van der Waals surface area contributed by atoms with Crippen molar-refractivity contribution >= 4 is 17.0 Å². The van der Waals surface area contributed by atoms with E-state index in [0.29, 0.717) is 0 Å². The highest BCUT2D eigenvalue weighted by molar-refractivity contribution is 5.86. The van der Waals surface area contributed by atoms with Crippen molar-refractivity contribution in [2.24, 2.45) is 7.05 Å². The first-order valence-corrected chi connectivity index (χ1v) is 6.17. The number of fused-ring (bicyclic) bond motifs is 1. The van der Waals surface area contributed by atoms with Crippen molar-refractivity contribution in [1.82, 2.24) is 9.55 Å². The Morgan fingerprint density at radius 2 is 2.22 bits per heavy atom. The molecule has 0 radical (unpaired) electrons. The highest BCUT2D eigenvalue weighted by Crippen LogP contribution is 2.45. The Balaban J connectivity index is 2.10. The van der Waals surface area contributed by atoms with E-state index in [4.69, 9.17) is 4.74 Å². The maximum atomic E-state index is 12.0. The molecule has 1 saturated carbocycles. The molecule has 0 N–H and O–H groups in total. The van der Waals surface area contributed by atoms with Crippen LogP contribution < -0.4 is 0 Å². The average molecular weight is 244 g/mol. The fourth-order valence-corrected chi connectivity index (χ4v) is 2.77. The molecule has 1 fully saturated rings. The molecular weight excluding hydrogens is 228 g/mol. The van der Waals surface area contributed by atoms with Crippen LogP contribution in [-0.2, 0) is 22.0 Å². The van der Waals surface area contributed by atoms with E-state index in [0.717, 1.165) is 35.9 Å². The Morgan fingerprint density at radius 3 is 2.83 bits per heavy atom. The van der Waals surface area contributed by atoms with Gasteiger partial charge in [0.2, 0.25) is 0 Å². The molecule has 0 spiro atoms. The van der Waals surface area contributed by atoms with E-state index in [-0.39, 0.29) is 5.97 Å². The lowest BCUT2D eigenvalue weighted by Gasteiger charge is -2.39. The first-order chi connectivity index (χ1) is 8.67. The Bertz CT molecular complexity index is 611. The van der Waals surface area contributed by atoms with Crippen molar-refractivity contribution < 1.29 is 9.53 Å². The van der Waals surface area contributed by atoms with Crippen LogP contribution in [0.3, 0.4) is 0 Å². The summed E-state index contributed by atoms with van der Waals surface area (Å²) in [5.74, 6) is -0.121. The van der Waals surface area contributed by atoms with Crippen LogP contribution in [0.25, 0.3) is 11.0 Å². The fraction of sp³-hybridized carbons (Fsp3) is 0.429. The summed E-state index contributed by atoms with van der Waals surface area (Å²) in [6.07, 6.45) is 4.62. The minimum Gasteiger partial charge on any atom is -0.468 e. The number of hydrogen-bond acceptors (Lipinski definition) is 3. The summed E-state index contributed by atoms with van der Waals surface area (Å²) in [6, 6.07) is 6.08. The van der Waals surface area contributed by atoms with Crippen LogP contribution >= 0.6 is 0 Å². The maximum Gasteiger partial charge on any atom is 0.316 e. The van der Waals surface area contributed by atoms with Crippen LogP contribution in [0.1, 0.15) is 24.8 Å². The lowest BCUT2D eigenvalue weighted by atomic mass is 9.64. The van der Waals surface area contributed by atoms with E-state index < -0.39 is 5.41 Å². The number of ether oxygens (including phenoxy) is 1. The first kappa shape index (κ1) is 11.3. The number of aryl methyl sites for hydroxylation is 1. The topological polar surface area (TPSA) is 44.1 Å². The summed E-state index contributed by atoms with van der Waals surface area (Å²) >= 11 is 0. The molecule has 2 aromatic rings. The molecule has 4 nitrogen and oxygen atoms in total. The van der Waals surface area contributed by atoms with Crippen molar-refractivity contribution in [2.45, 2.75) is 24.7 Å². The van der Waals surface area contributed by atoms with Gasteiger partial charge in [-0.15, -0.1) is 0 Å². The van der Waals surface area contributed by atoms with E-state index in [1.165, 1.54) is 7.11 Å². The molecule has 0 unspecified atom stereocenters.